The molecular weight excluding hydrogens is 380 g/mol. The summed E-state index contributed by atoms with van der Waals surface area (Å²) in [4.78, 5) is 25.1. The molecule has 0 bridgehead atoms. The van der Waals surface area contributed by atoms with Crippen molar-refractivity contribution in [3.05, 3.63) is 63.8 Å². The number of rotatable bonds is 4. The second kappa shape index (κ2) is 7.75. The molecule has 0 unspecified atom stereocenters. The van der Waals surface area contributed by atoms with E-state index < -0.39 is 5.97 Å². The van der Waals surface area contributed by atoms with Gasteiger partial charge in [-0.1, -0.05) is 11.6 Å². The van der Waals surface area contributed by atoms with Gasteiger partial charge in [-0.2, -0.15) is 5.26 Å². The first-order valence-corrected chi connectivity index (χ1v) is 8.78. The highest BCUT2D eigenvalue weighted by Crippen LogP contribution is 2.33. The van der Waals surface area contributed by atoms with Crippen molar-refractivity contribution in [3.63, 3.8) is 0 Å². The summed E-state index contributed by atoms with van der Waals surface area (Å²) in [6, 6.07) is 11.9. The number of esters is 1. The monoisotopic (exact) mass is 396 g/mol. The van der Waals surface area contributed by atoms with Crippen molar-refractivity contribution in [2.24, 2.45) is 0 Å². The minimum atomic E-state index is -0.426. The summed E-state index contributed by atoms with van der Waals surface area (Å²) in [7, 11) is 2.77. The number of aromatic nitrogens is 1. The van der Waals surface area contributed by atoms with Gasteiger partial charge in [0.05, 0.1) is 31.7 Å². The SMILES string of the molecule is COC(=O)Cc1c(C)n(C(=O)c2ccc(Cl)cc2)c2cc(C#N)c(OC)cc12. The normalized spacial score (nSPS) is 10.5. The first kappa shape index (κ1) is 19.5. The Labute approximate surface area is 166 Å². The zero-order valence-corrected chi connectivity index (χ0v) is 16.3. The number of benzene rings is 2. The molecule has 0 aliphatic rings. The highest BCUT2D eigenvalue weighted by Gasteiger charge is 2.23. The average Bonchev–Trinajstić information content (AvgIpc) is 2.97. The third-order valence-corrected chi connectivity index (χ3v) is 4.87. The van der Waals surface area contributed by atoms with E-state index in [2.05, 4.69) is 6.07 Å². The van der Waals surface area contributed by atoms with Crippen LogP contribution in [0, 0.1) is 18.3 Å². The molecule has 0 N–H and O–H groups in total. The number of hydrogen-bond acceptors (Lipinski definition) is 5. The van der Waals surface area contributed by atoms with Gasteiger partial charge < -0.3 is 9.47 Å². The molecule has 0 atom stereocenters. The molecule has 2 aromatic carbocycles. The molecule has 28 heavy (non-hydrogen) atoms. The predicted octanol–water partition coefficient (Wildman–Crippen LogP) is 3.89. The standard InChI is InChI=1S/C21H17ClN2O4/c1-12-16(10-20(25)28-3)17-9-19(27-2)14(11-23)8-18(17)24(12)21(26)13-4-6-15(22)7-5-13/h4-9H,10H2,1-3H3. The average molecular weight is 397 g/mol. The molecule has 0 amide bonds. The first-order valence-electron chi connectivity index (χ1n) is 8.40. The van der Waals surface area contributed by atoms with Crippen LogP contribution in [0.2, 0.25) is 5.02 Å². The molecule has 6 nitrogen and oxygen atoms in total. The number of nitriles is 1. The van der Waals surface area contributed by atoms with Gasteiger partial charge in [0.25, 0.3) is 5.91 Å². The van der Waals surface area contributed by atoms with Crippen molar-refractivity contribution in [3.8, 4) is 11.8 Å². The van der Waals surface area contributed by atoms with Gasteiger partial charge in [-0.15, -0.1) is 0 Å². The van der Waals surface area contributed by atoms with Crippen LogP contribution in [0.5, 0.6) is 5.75 Å². The molecule has 0 saturated heterocycles. The summed E-state index contributed by atoms with van der Waals surface area (Å²) in [5.41, 5.74) is 2.49. The number of methoxy groups -OCH3 is 2. The molecule has 3 rings (SSSR count). The summed E-state index contributed by atoms with van der Waals surface area (Å²) in [6.07, 6.45) is -0.00517. The third-order valence-electron chi connectivity index (χ3n) is 4.62. The van der Waals surface area contributed by atoms with Crippen LogP contribution in [-0.2, 0) is 16.0 Å². The van der Waals surface area contributed by atoms with E-state index in [0.29, 0.717) is 44.1 Å². The fourth-order valence-corrected chi connectivity index (χ4v) is 3.31. The van der Waals surface area contributed by atoms with Gasteiger partial charge in [0.15, 0.2) is 0 Å². The van der Waals surface area contributed by atoms with E-state index in [0.717, 1.165) is 0 Å². The van der Waals surface area contributed by atoms with Gasteiger partial charge in [0, 0.05) is 21.7 Å². The Morgan fingerprint density at radius 2 is 1.86 bits per heavy atom. The quantitative estimate of drug-likeness (QED) is 0.625. The summed E-state index contributed by atoms with van der Waals surface area (Å²) >= 11 is 5.92. The van der Waals surface area contributed by atoms with Gasteiger partial charge in [-0.3, -0.25) is 14.2 Å². The highest BCUT2D eigenvalue weighted by molar-refractivity contribution is 6.30. The fourth-order valence-electron chi connectivity index (χ4n) is 3.18. The molecule has 0 fully saturated rings. The second-order valence-electron chi connectivity index (χ2n) is 6.15. The van der Waals surface area contributed by atoms with Crippen LogP contribution in [0.1, 0.15) is 27.2 Å². The van der Waals surface area contributed by atoms with Crippen molar-refractivity contribution in [1.82, 2.24) is 4.57 Å². The number of halogens is 1. The van der Waals surface area contributed by atoms with Crippen LogP contribution in [0.4, 0.5) is 0 Å². The minimum Gasteiger partial charge on any atom is -0.495 e. The second-order valence-corrected chi connectivity index (χ2v) is 6.58. The lowest BCUT2D eigenvalue weighted by Gasteiger charge is -2.08. The summed E-state index contributed by atoms with van der Waals surface area (Å²) < 4.78 is 11.6. The summed E-state index contributed by atoms with van der Waals surface area (Å²) in [6.45, 7) is 1.75. The Morgan fingerprint density at radius 1 is 1.18 bits per heavy atom. The van der Waals surface area contributed by atoms with Crippen molar-refractivity contribution in [2.75, 3.05) is 14.2 Å². The van der Waals surface area contributed by atoms with Gasteiger partial charge in [-0.05, 0) is 48.9 Å². The largest absolute Gasteiger partial charge is 0.495 e. The lowest BCUT2D eigenvalue weighted by Crippen LogP contribution is -2.14. The first-order chi connectivity index (χ1) is 13.4. The topological polar surface area (TPSA) is 81.3 Å². The van der Waals surface area contributed by atoms with Crippen LogP contribution in [0.3, 0.4) is 0 Å². The van der Waals surface area contributed by atoms with Gasteiger partial charge in [-0.25, -0.2) is 0 Å². The smallest absolute Gasteiger partial charge is 0.310 e. The number of carbonyl (C=O) groups is 2. The Hall–Kier alpha value is -3.30. The molecule has 0 aliphatic heterocycles. The molecule has 1 heterocycles. The molecule has 142 valence electrons. The molecule has 0 spiro atoms. The van der Waals surface area contributed by atoms with Crippen LogP contribution in [-0.4, -0.2) is 30.7 Å². The van der Waals surface area contributed by atoms with Crippen molar-refractivity contribution >= 4 is 34.4 Å². The van der Waals surface area contributed by atoms with E-state index in [9.17, 15) is 14.9 Å². The molecule has 0 saturated carbocycles. The maximum atomic E-state index is 13.2. The summed E-state index contributed by atoms with van der Waals surface area (Å²) in [5, 5.41) is 10.6. The van der Waals surface area contributed by atoms with E-state index in [1.165, 1.54) is 18.8 Å². The Balaban J connectivity index is 2.30. The van der Waals surface area contributed by atoms with Crippen LogP contribution in [0.15, 0.2) is 36.4 Å². The maximum Gasteiger partial charge on any atom is 0.310 e. The number of fused-ring (bicyclic) bond motifs is 1. The fraction of sp³-hybridized carbons (Fsp3) is 0.190. The number of nitrogens with zero attached hydrogens (tertiary/aromatic N) is 2. The summed E-state index contributed by atoms with van der Waals surface area (Å²) in [5.74, 6) is -0.342. The molecule has 3 aromatic rings. The van der Waals surface area contributed by atoms with Crippen molar-refractivity contribution in [1.29, 1.82) is 5.26 Å². The zero-order chi connectivity index (χ0) is 20.4. The van der Waals surface area contributed by atoms with Crippen molar-refractivity contribution in [2.45, 2.75) is 13.3 Å². The van der Waals surface area contributed by atoms with Crippen molar-refractivity contribution < 1.29 is 19.1 Å². The van der Waals surface area contributed by atoms with E-state index in [1.54, 1.807) is 43.3 Å². The van der Waals surface area contributed by atoms with Crippen LogP contribution < -0.4 is 4.74 Å². The van der Waals surface area contributed by atoms with E-state index >= 15 is 0 Å². The number of ether oxygens (including phenoxy) is 2. The Kier molecular flexibility index (Phi) is 5.39. The number of hydrogen-bond donors (Lipinski definition) is 0. The van der Waals surface area contributed by atoms with Crippen LogP contribution in [0.25, 0.3) is 10.9 Å². The van der Waals surface area contributed by atoms with E-state index in [1.807, 2.05) is 0 Å². The molecule has 0 radical (unpaired) electrons. The lowest BCUT2D eigenvalue weighted by molar-refractivity contribution is -0.139. The molecule has 1 aromatic heterocycles. The highest BCUT2D eigenvalue weighted by atomic mass is 35.5. The van der Waals surface area contributed by atoms with Gasteiger partial charge in [0.1, 0.15) is 11.8 Å². The van der Waals surface area contributed by atoms with Gasteiger partial charge >= 0.3 is 5.97 Å². The minimum absolute atomic E-state index is 0.00517. The number of carbonyl (C=O) groups excluding carboxylic acids is 2. The van der Waals surface area contributed by atoms with Crippen LogP contribution >= 0.6 is 11.6 Å². The zero-order valence-electron chi connectivity index (χ0n) is 15.6. The van der Waals surface area contributed by atoms with Gasteiger partial charge in [0.2, 0.25) is 0 Å². The molecule has 0 aliphatic carbocycles. The molecular formula is C21H17ClN2O4. The lowest BCUT2D eigenvalue weighted by atomic mass is 10.1. The van der Waals surface area contributed by atoms with E-state index in [-0.39, 0.29) is 12.3 Å². The predicted molar refractivity (Wildman–Crippen MR) is 105 cm³/mol. The van der Waals surface area contributed by atoms with E-state index in [4.69, 9.17) is 21.1 Å². The Bertz CT molecular complexity index is 1120. The Morgan fingerprint density at radius 3 is 2.43 bits per heavy atom. The molecule has 7 heteroatoms. The third kappa shape index (κ3) is 3.32. The maximum absolute atomic E-state index is 13.2.